The van der Waals surface area contributed by atoms with Gasteiger partial charge in [-0.25, -0.2) is 0 Å². The summed E-state index contributed by atoms with van der Waals surface area (Å²) in [5.41, 5.74) is 7.58. The first-order chi connectivity index (χ1) is 10.1. The minimum Gasteiger partial charge on any atom is -0.330 e. The van der Waals surface area contributed by atoms with Crippen LogP contribution in [0.1, 0.15) is 24.8 Å². The highest BCUT2D eigenvalue weighted by Crippen LogP contribution is 2.21. The van der Waals surface area contributed by atoms with E-state index < -0.39 is 0 Å². The molecule has 1 aromatic rings. The van der Waals surface area contributed by atoms with Crippen LogP contribution in [0.2, 0.25) is 0 Å². The summed E-state index contributed by atoms with van der Waals surface area (Å²) in [5, 5.41) is 2.97. The van der Waals surface area contributed by atoms with Crippen LogP contribution in [0.5, 0.6) is 0 Å². The molecule has 3 N–H and O–H groups in total. The number of hydrogen-bond donors (Lipinski definition) is 2. The van der Waals surface area contributed by atoms with E-state index in [4.69, 9.17) is 5.73 Å². The number of nitrogens with zero attached hydrogens (tertiary/aromatic N) is 1. The van der Waals surface area contributed by atoms with Gasteiger partial charge in [0.15, 0.2) is 0 Å². The highest BCUT2D eigenvalue weighted by atomic mass is 79.9. The highest BCUT2D eigenvalue weighted by Gasteiger charge is 2.20. The molecule has 0 unspecified atom stereocenters. The SMILES string of the molecule is Cc1cc(NC(=O)CN2CCC(CCN)CC2)ccc1Br. The molecule has 4 nitrogen and oxygen atoms in total. The highest BCUT2D eigenvalue weighted by molar-refractivity contribution is 9.10. The third kappa shape index (κ3) is 5.09. The Morgan fingerprint density at radius 1 is 1.43 bits per heavy atom. The lowest BCUT2D eigenvalue weighted by atomic mass is 9.94. The Hall–Kier alpha value is -0.910. The monoisotopic (exact) mass is 353 g/mol. The van der Waals surface area contributed by atoms with Crippen molar-refractivity contribution in [2.45, 2.75) is 26.2 Å². The molecule has 0 bridgehead atoms. The molecule has 1 aliphatic heterocycles. The van der Waals surface area contributed by atoms with Gasteiger partial charge in [-0.3, -0.25) is 9.69 Å². The molecule has 0 atom stereocenters. The molecule has 0 spiro atoms. The number of amides is 1. The van der Waals surface area contributed by atoms with E-state index in [2.05, 4.69) is 26.1 Å². The molecule has 1 heterocycles. The van der Waals surface area contributed by atoms with Crippen molar-refractivity contribution >= 4 is 27.5 Å². The fourth-order valence-corrected chi connectivity index (χ4v) is 3.04. The van der Waals surface area contributed by atoms with Crippen molar-refractivity contribution in [2.75, 3.05) is 31.5 Å². The number of likely N-dealkylation sites (tertiary alicyclic amines) is 1. The lowest BCUT2D eigenvalue weighted by Gasteiger charge is -2.31. The number of carbonyl (C=O) groups excluding carboxylic acids is 1. The molecule has 0 saturated carbocycles. The predicted octanol–water partition coefficient (Wildman–Crippen LogP) is 2.76. The Balaban J connectivity index is 1.78. The van der Waals surface area contributed by atoms with Crippen molar-refractivity contribution in [3.8, 4) is 0 Å². The van der Waals surface area contributed by atoms with Gasteiger partial charge in [0.25, 0.3) is 0 Å². The summed E-state index contributed by atoms with van der Waals surface area (Å²) < 4.78 is 1.06. The number of nitrogens with two attached hydrogens (primary N) is 1. The van der Waals surface area contributed by atoms with Crippen LogP contribution in [0, 0.1) is 12.8 Å². The number of hydrogen-bond acceptors (Lipinski definition) is 3. The number of nitrogens with one attached hydrogen (secondary N) is 1. The summed E-state index contributed by atoms with van der Waals surface area (Å²) in [5.74, 6) is 0.803. The van der Waals surface area contributed by atoms with E-state index >= 15 is 0 Å². The second-order valence-corrected chi connectivity index (χ2v) is 6.66. The van der Waals surface area contributed by atoms with Crippen LogP contribution in [0.3, 0.4) is 0 Å². The molecule has 0 aromatic heterocycles. The standard InChI is InChI=1S/C16H24BrN3O/c1-12-10-14(2-3-15(12)17)19-16(21)11-20-8-5-13(4-7-18)6-9-20/h2-3,10,13H,4-9,11,18H2,1H3,(H,19,21). The van der Waals surface area contributed by atoms with E-state index in [1.54, 1.807) is 0 Å². The molecule has 2 rings (SSSR count). The van der Waals surface area contributed by atoms with Gasteiger partial charge in [0.2, 0.25) is 5.91 Å². The Kier molecular flexibility index (Phi) is 6.21. The molecule has 1 fully saturated rings. The maximum Gasteiger partial charge on any atom is 0.238 e. The number of benzene rings is 1. The first-order valence-corrected chi connectivity index (χ1v) is 8.36. The lowest BCUT2D eigenvalue weighted by Crippen LogP contribution is -2.39. The van der Waals surface area contributed by atoms with E-state index in [-0.39, 0.29) is 5.91 Å². The summed E-state index contributed by atoms with van der Waals surface area (Å²) in [6.45, 7) is 5.26. The van der Waals surface area contributed by atoms with Crippen LogP contribution in [0.15, 0.2) is 22.7 Å². The average molecular weight is 354 g/mol. The summed E-state index contributed by atoms with van der Waals surface area (Å²) >= 11 is 3.46. The third-order valence-corrected chi connectivity index (χ3v) is 4.98. The van der Waals surface area contributed by atoms with Gasteiger partial charge in [0.05, 0.1) is 6.54 Å². The van der Waals surface area contributed by atoms with Crippen molar-refractivity contribution in [3.05, 3.63) is 28.2 Å². The Labute approximate surface area is 135 Å². The molecule has 0 aliphatic carbocycles. The third-order valence-electron chi connectivity index (χ3n) is 4.09. The van der Waals surface area contributed by atoms with Crippen molar-refractivity contribution in [3.63, 3.8) is 0 Å². The van der Waals surface area contributed by atoms with Crippen LogP contribution >= 0.6 is 15.9 Å². The van der Waals surface area contributed by atoms with Crippen molar-refractivity contribution in [1.29, 1.82) is 0 Å². The summed E-state index contributed by atoms with van der Waals surface area (Å²) in [4.78, 5) is 14.3. The molecular formula is C16H24BrN3O. The maximum atomic E-state index is 12.1. The number of piperidine rings is 1. The average Bonchev–Trinajstić information content (AvgIpc) is 2.45. The maximum absolute atomic E-state index is 12.1. The van der Waals surface area contributed by atoms with Crippen LogP contribution in [0.4, 0.5) is 5.69 Å². The number of carbonyl (C=O) groups is 1. The Morgan fingerprint density at radius 3 is 2.76 bits per heavy atom. The van der Waals surface area contributed by atoms with Gasteiger partial charge in [0, 0.05) is 10.2 Å². The normalized spacial score (nSPS) is 16.9. The summed E-state index contributed by atoms with van der Waals surface area (Å²) in [6.07, 6.45) is 3.42. The van der Waals surface area contributed by atoms with E-state index in [1.165, 1.54) is 0 Å². The second kappa shape index (κ2) is 7.92. The van der Waals surface area contributed by atoms with Crippen molar-refractivity contribution in [1.82, 2.24) is 4.90 Å². The molecular weight excluding hydrogens is 330 g/mol. The van der Waals surface area contributed by atoms with E-state index in [9.17, 15) is 4.79 Å². The van der Waals surface area contributed by atoms with Crippen LogP contribution in [-0.4, -0.2) is 37.0 Å². The largest absolute Gasteiger partial charge is 0.330 e. The number of halogens is 1. The Morgan fingerprint density at radius 2 is 2.14 bits per heavy atom. The molecule has 1 aliphatic rings. The molecule has 1 aromatic carbocycles. The lowest BCUT2D eigenvalue weighted by molar-refractivity contribution is -0.117. The number of rotatable bonds is 5. The van der Waals surface area contributed by atoms with E-state index in [0.29, 0.717) is 6.54 Å². The Bertz CT molecular complexity index is 484. The molecule has 116 valence electrons. The van der Waals surface area contributed by atoms with Crippen LogP contribution < -0.4 is 11.1 Å². The molecule has 1 saturated heterocycles. The predicted molar refractivity (Wildman–Crippen MR) is 90.3 cm³/mol. The number of anilines is 1. The van der Waals surface area contributed by atoms with Gasteiger partial charge in [-0.15, -0.1) is 0 Å². The fraction of sp³-hybridized carbons (Fsp3) is 0.562. The van der Waals surface area contributed by atoms with Crippen LogP contribution in [0.25, 0.3) is 0 Å². The molecule has 5 heteroatoms. The zero-order chi connectivity index (χ0) is 15.2. The minimum atomic E-state index is 0.0639. The summed E-state index contributed by atoms with van der Waals surface area (Å²) in [7, 11) is 0. The minimum absolute atomic E-state index is 0.0639. The summed E-state index contributed by atoms with van der Waals surface area (Å²) in [6, 6.07) is 5.86. The first kappa shape index (κ1) is 16.5. The first-order valence-electron chi connectivity index (χ1n) is 7.57. The van der Waals surface area contributed by atoms with Gasteiger partial charge in [0.1, 0.15) is 0 Å². The van der Waals surface area contributed by atoms with Crippen molar-refractivity contribution < 1.29 is 4.79 Å². The van der Waals surface area contributed by atoms with Gasteiger partial charge in [-0.05, 0) is 75.5 Å². The van der Waals surface area contributed by atoms with Crippen molar-refractivity contribution in [2.24, 2.45) is 11.7 Å². The smallest absolute Gasteiger partial charge is 0.238 e. The van der Waals surface area contributed by atoms with Gasteiger partial charge < -0.3 is 11.1 Å². The molecule has 1 amide bonds. The fourth-order valence-electron chi connectivity index (χ4n) is 2.79. The van der Waals surface area contributed by atoms with Gasteiger partial charge in [-0.2, -0.15) is 0 Å². The van der Waals surface area contributed by atoms with Crippen LogP contribution in [-0.2, 0) is 4.79 Å². The van der Waals surface area contributed by atoms with E-state index in [1.807, 2.05) is 25.1 Å². The molecule has 0 radical (unpaired) electrons. The quantitative estimate of drug-likeness (QED) is 0.855. The van der Waals surface area contributed by atoms with Gasteiger partial charge >= 0.3 is 0 Å². The number of aryl methyl sites for hydroxylation is 1. The van der Waals surface area contributed by atoms with Gasteiger partial charge in [-0.1, -0.05) is 15.9 Å². The zero-order valence-corrected chi connectivity index (χ0v) is 14.2. The zero-order valence-electron chi connectivity index (χ0n) is 12.6. The topological polar surface area (TPSA) is 58.4 Å². The second-order valence-electron chi connectivity index (χ2n) is 5.81. The molecule has 21 heavy (non-hydrogen) atoms. The van der Waals surface area contributed by atoms with E-state index in [0.717, 1.165) is 60.5 Å².